The fourth-order valence-corrected chi connectivity index (χ4v) is 3.61. The number of hydrogen-bond donors (Lipinski definition) is 1. The van der Waals surface area contributed by atoms with Gasteiger partial charge in [0.2, 0.25) is 0 Å². The van der Waals surface area contributed by atoms with Crippen LogP contribution in [0.1, 0.15) is 52.6 Å². The third-order valence-corrected chi connectivity index (χ3v) is 5.10. The molecule has 0 unspecified atom stereocenters. The van der Waals surface area contributed by atoms with Crippen LogP contribution >= 0.6 is 0 Å². The number of aryl methyl sites for hydroxylation is 1. The third kappa shape index (κ3) is 4.25. The van der Waals surface area contributed by atoms with Crippen molar-refractivity contribution in [2.75, 3.05) is 5.32 Å². The van der Waals surface area contributed by atoms with Crippen molar-refractivity contribution in [2.24, 2.45) is 0 Å². The van der Waals surface area contributed by atoms with Gasteiger partial charge >= 0.3 is 0 Å². The van der Waals surface area contributed by atoms with Crippen molar-refractivity contribution in [3.63, 3.8) is 0 Å². The normalized spacial score (nSPS) is 11.2. The first-order valence-corrected chi connectivity index (χ1v) is 10.2. The molecule has 1 aromatic carbocycles. The van der Waals surface area contributed by atoms with Crippen LogP contribution in [-0.4, -0.2) is 25.7 Å². The molecule has 0 saturated heterocycles. The number of nitriles is 1. The number of benzene rings is 1. The smallest absolute Gasteiger partial charge is 0.256 e. The van der Waals surface area contributed by atoms with E-state index in [0.717, 1.165) is 22.2 Å². The van der Waals surface area contributed by atoms with Gasteiger partial charge in [-0.05, 0) is 60.9 Å². The fraction of sp³-hybridized carbons (Fsp3) is 0.160. The molecule has 0 saturated carbocycles. The number of nitrogens with one attached hydrogen (secondary N) is 1. The summed E-state index contributed by atoms with van der Waals surface area (Å²) in [6.45, 7) is 5.83. The Morgan fingerprint density at radius 3 is 2.72 bits per heavy atom. The number of carbonyl (C=O) groups excluding carboxylic acids is 1. The number of carbonyl (C=O) groups is 1. The van der Waals surface area contributed by atoms with Gasteiger partial charge in [-0.3, -0.25) is 9.78 Å². The predicted octanol–water partition coefficient (Wildman–Crippen LogP) is 5.01. The largest absolute Gasteiger partial charge is 0.322 e. The van der Waals surface area contributed by atoms with Crippen LogP contribution < -0.4 is 5.32 Å². The minimum Gasteiger partial charge on any atom is -0.322 e. The van der Waals surface area contributed by atoms with Gasteiger partial charge in [0, 0.05) is 46.5 Å². The monoisotopic (exact) mass is 422 g/mol. The van der Waals surface area contributed by atoms with E-state index in [9.17, 15) is 10.1 Å². The molecule has 0 bridgehead atoms. The van der Waals surface area contributed by atoms with E-state index in [1.165, 1.54) is 6.20 Å². The zero-order valence-electron chi connectivity index (χ0n) is 18.1. The number of amides is 1. The van der Waals surface area contributed by atoms with E-state index >= 15 is 0 Å². The Labute approximate surface area is 186 Å². The summed E-state index contributed by atoms with van der Waals surface area (Å²) in [6.07, 6.45) is 8.88. The molecule has 158 valence electrons. The molecular formula is C25H22N6O. The molecular weight excluding hydrogens is 400 g/mol. The van der Waals surface area contributed by atoms with E-state index in [1.54, 1.807) is 23.1 Å². The SMILES string of the molecule is Cc1cc(/C=C/n2ncc3ccc(NC(=O)c4ccnc(C#N)c4C(C)C)cc32)ccn1. The molecule has 0 aliphatic rings. The maximum atomic E-state index is 13.0. The summed E-state index contributed by atoms with van der Waals surface area (Å²) in [4.78, 5) is 21.3. The summed E-state index contributed by atoms with van der Waals surface area (Å²) in [5.74, 6) is -0.286. The lowest BCUT2D eigenvalue weighted by atomic mass is 9.95. The topological polar surface area (TPSA) is 96.5 Å². The molecule has 4 aromatic rings. The molecule has 3 heterocycles. The van der Waals surface area contributed by atoms with E-state index < -0.39 is 0 Å². The van der Waals surface area contributed by atoms with Gasteiger partial charge < -0.3 is 5.32 Å². The van der Waals surface area contributed by atoms with Crippen molar-refractivity contribution in [1.82, 2.24) is 19.7 Å². The second-order valence-electron chi connectivity index (χ2n) is 7.75. The van der Waals surface area contributed by atoms with Gasteiger partial charge in [-0.25, -0.2) is 9.67 Å². The average molecular weight is 422 g/mol. The molecule has 1 N–H and O–H groups in total. The molecule has 3 aromatic heterocycles. The van der Waals surface area contributed by atoms with Crippen molar-refractivity contribution in [2.45, 2.75) is 26.7 Å². The van der Waals surface area contributed by atoms with Crippen LogP contribution in [0.5, 0.6) is 0 Å². The number of rotatable bonds is 5. The van der Waals surface area contributed by atoms with Crippen LogP contribution in [0.15, 0.2) is 55.0 Å². The molecule has 4 rings (SSSR count). The highest BCUT2D eigenvalue weighted by atomic mass is 16.1. The first-order chi connectivity index (χ1) is 15.5. The molecule has 7 heteroatoms. The van der Waals surface area contributed by atoms with Crippen molar-refractivity contribution in [3.05, 3.63) is 83.1 Å². The summed E-state index contributed by atoms with van der Waals surface area (Å²) < 4.78 is 1.76. The third-order valence-electron chi connectivity index (χ3n) is 5.10. The van der Waals surface area contributed by atoms with Crippen molar-refractivity contribution >= 4 is 34.8 Å². The predicted molar refractivity (Wildman–Crippen MR) is 125 cm³/mol. The molecule has 0 radical (unpaired) electrons. The Morgan fingerprint density at radius 2 is 1.97 bits per heavy atom. The summed E-state index contributed by atoms with van der Waals surface area (Å²) in [5.41, 5.74) is 4.85. The molecule has 0 aliphatic carbocycles. The van der Waals surface area contributed by atoms with Gasteiger partial charge in [-0.1, -0.05) is 13.8 Å². The van der Waals surface area contributed by atoms with Gasteiger partial charge in [-0.2, -0.15) is 10.4 Å². The van der Waals surface area contributed by atoms with E-state index in [-0.39, 0.29) is 17.5 Å². The standard InChI is InChI=1S/C25H22N6O/c1-16(2)24-21(7-10-28-22(24)14-26)25(32)30-20-5-4-19-15-29-31(23(19)13-20)11-8-18-6-9-27-17(3)12-18/h4-13,15-16H,1-3H3,(H,30,32)/b11-8+. The first-order valence-electron chi connectivity index (χ1n) is 10.2. The lowest BCUT2D eigenvalue weighted by Gasteiger charge is -2.14. The maximum Gasteiger partial charge on any atom is 0.256 e. The minimum absolute atomic E-state index is 0.00928. The summed E-state index contributed by atoms with van der Waals surface area (Å²) in [6, 6.07) is 13.3. The highest BCUT2D eigenvalue weighted by Gasteiger charge is 2.19. The Balaban J connectivity index is 1.63. The number of pyridine rings is 2. The van der Waals surface area contributed by atoms with Crippen LogP contribution in [-0.2, 0) is 0 Å². The van der Waals surface area contributed by atoms with E-state index in [1.807, 2.05) is 63.4 Å². The molecule has 0 spiro atoms. The highest BCUT2D eigenvalue weighted by molar-refractivity contribution is 6.06. The Bertz CT molecular complexity index is 1380. The summed E-state index contributed by atoms with van der Waals surface area (Å²) in [7, 11) is 0. The molecule has 0 atom stereocenters. The van der Waals surface area contributed by atoms with Crippen LogP contribution in [0.3, 0.4) is 0 Å². The lowest BCUT2D eigenvalue weighted by Crippen LogP contribution is -2.16. The fourth-order valence-electron chi connectivity index (χ4n) is 3.61. The average Bonchev–Trinajstić information content (AvgIpc) is 3.19. The van der Waals surface area contributed by atoms with Gasteiger partial charge in [-0.15, -0.1) is 0 Å². The van der Waals surface area contributed by atoms with E-state index in [2.05, 4.69) is 26.5 Å². The maximum absolute atomic E-state index is 13.0. The zero-order chi connectivity index (χ0) is 22.7. The van der Waals surface area contributed by atoms with Gasteiger partial charge in [0.05, 0.1) is 11.7 Å². The van der Waals surface area contributed by atoms with Gasteiger partial charge in [0.25, 0.3) is 5.91 Å². The number of fused-ring (bicyclic) bond motifs is 1. The van der Waals surface area contributed by atoms with Gasteiger partial charge in [0.15, 0.2) is 0 Å². The second kappa shape index (κ2) is 8.82. The molecule has 1 amide bonds. The van der Waals surface area contributed by atoms with Crippen molar-refractivity contribution < 1.29 is 4.79 Å². The van der Waals surface area contributed by atoms with E-state index in [4.69, 9.17) is 0 Å². The van der Waals surface area contributed by atoms with Gasteiger partial charge in [0.1, 0.15) is 11.8 Å². The van der Waals surface area contributed by atoms with E-state index in [0.29, 0.717) is 16.8 Å². The van der Waals surface area contributed by atoms with Crippen molar-refractivity contribution in [1.29, 1.82) is 5.26 Å². The minimum atomic E-state index is -0.277. The Hall–Kier alpha value is -4.31. The number of hydrogen-bond acceptors (Lipinski definition) is 5. The van der Waals surface area contributed by atoms with Crippen LogP contribution in [0.4, 0.5) is 5.69 Å². The molecule has 0 aliphatic heterocycles. The number of anilines is 1. The first kappa shape index (κ1) is 20.9. The molecule has 7 nitrogen and oxygen atoms in total. The summed E-state index contributed by atoms with van der Waals surface area (Å²) >= 11 is 0. The van der Waals surface area contributed by atoms with Crippen LogP contribution in [0, 0.1) is 18.3 Å². The van der Waals surface area contributed by atoms with Crippen LogP contribution in [0.25, 0.3) is 23.2 Å². The lowest BCUT2D eigenvalue weighted by molar-refractivity contribution is 0.102. The molecule has 0 fully saturated rings. The Morgan fingerprint density at radius 1 is 1.16 bits per heavy atom. The second-order valence-corrected chi connectivity index (χ2v) is 7.75. The van der Waals surface area contributed by atoms with Crippen LogP contribution in [0.2, 0.25) is 0 Å². The molecule has 32 heavy (non-hydrogen) atoms. The quantitative estimate of drug-likeness (QED) is 0.488. The van der Waals surface area contributed by atoms with Crippen molar-refractivity contribution in [3.8, 4) is 6.07 Å². The Kier molecular flexibility index (Phi) is 5.77. The number of nitrogens with zero attached hydrogens (tertiary/aromatic N) is 5. The number of aromatic nitrogens is 4. The zero-order valence-corrected chi connectivity index (χ0v) is 18.1. The summed E-state index contributed by atoms with van der Waals surface area (Å²) in [5, 5.41) is 17.7. The highest BCUT2D eigenvalue weighted by Crippen LogP contribution is 2.24.